The van der Waals surface area contributed by atoms with E-state index in [0.29, 0.717) is 0 Å². The normalized spacial score (nSPS) is 17.4. The first-order valence-corrected chi connectivity index (χ1v) is 7.35. The van der Waals surface area contributed by atoms with Crippen molar-refractivity contribution in [2.45, 2.75) is 26.0 Å². The van der Waals surface area contributed by atoms with Gasteiger partial charge in [-0.15, -0.1) is 0 Å². The van der Waals surface area contributed by atoms with Crippen molar-refractivity contribution in [3.05, 3.63) is 71.3 Å². The van der Waals surface area contributed by atoms with Crippen LogP contribution in [0.5, 0.6) is 0 Å². The first kappa shape index (κ1) is 13.8. The van der Waals surface area contributed by atoms with E-state index in [4.69, 9.17) is 4.84 Å². The van der Waals surface area contributed by atoms with Crippen LogP contribution in [0.25, 0.3) is 0 Å². The van der Waals surface area contributed by atoms with Crippen LogP contribution in [-0.2, 0) is 11.4 Å². The van der Waals surface area contributed by atoms with Gasteiger partial charge in [0, 0.05) is 19.5 Å². The summed E-state index contributed by atoms with van der Waals surface area (Å²) >= 11 is 0. The van der Waals surface area contributed by atoms with E-state index >= 15 is 0 Å². The van der Waals surface area contributed by atoms with Gasteiger partial charge < -0.3 is 10.2 Å². The Morgan fingerprint density at radius 2 is 1.86 bits per heavy atom. The van der Waals surface area contributed by atoms with Crippen molar-refractivity contribution in [3.63, 3.8) is 0 Å². The van der Waals surface area contributed by atoms with E-state index in [9.17, 15) is 0 Å². The molecule has 2 aromatic carbocycles. The van der Waals surface area contributed by atoms with Crippen molar-refractivity contribution < 1.29 is 4.84 Å². The molecule has 3 rings (SSSR count). The summed E-state index contributed by atoms with van der Waals surface area (Å²) in [6, 6.07) is 18.8. The van der Waals surface area contributed by atoms with Gasteiger partial charge in [0.05, 0.1) is 5.71 Å². The van der Waals surface area contributed by atoms with Crippen LogP contribution in [0.1, 0.15) is 23.1 Å². The highest BCUT2D eigenvalue weighted by Gasteiger charge is 2.21. The fourth-order valence-corrected chi connectivity index (χ4v) is 2.43. The molecule has 3 heteroatoms. The quantitative estimate of drug-likeness (QED) is 0.912. The van der Waals surface area contributed by atoms with E-state index in [1.54, 1.807) is 0 Å². The van der Waals surface area contributed by atoms with Crippen LogP contribution in [0.15, 0.2) is 59.8 Å². The zero-order chi connectivity index (χ0) is 14.5. The van der Waals surface area contributed by atoms with Crippen molar-refractivity contribution in [2.75, 3.05) is 6.54 Å². The van der Waals surface area contributed by atoms with Gasteiger partial charge in [-0.3, -0.25) is 0 Å². The number of rotatable bonds is 5. The largest absolute Gasteiger partial charge is 0.390 e. The van der Waals surface area contributed by atoms with Gasteiger partial charge in [0.25, 0.3) is 0 Å². The van der Waals surface area contributed by atoms with E-state index < -0.39 is 0 Å². The Hall–Kier alpha value is -2.13. The van der Waals surface area contributed by atoms with Crippen molar-refractivity contribution in [2.24, 2.45) is 5.16 Å². The highest BCUT2D eigenvalue weighted by molar-refractivity contribution is 6.01. The van der Waals surface area contributed by atoms with E-state index in [2.05, 4.69) is 65.9 Å². The molecule has 1 heterocycles. The number of aryl methyl sites for hydroxylation is 1. The molecule has 1 unspecified atom stereocenters. The summed E-state index contributed by atoms with van der Waals surface area (Å²) in [5.74, 6) is 0. The average molecular weight is 280 g/mol. The Bertz CT molecular complexity index is 605. The third-order valence-electron chi connectivity index (χ3n) is 3.66. The molecule has 0 saturated heterocycles. The van der Waals surface area contributed by atoms with Crippen LogP contribution in [-0.4, -0.2) is 18.4 Å². The zero-order valence-corrected chi connectivity index (χ0v) is 12.3. The Morgan fingerprint density at radius 3 is 2.62 bits per heavy atom. The summed E-state index contributed by atoms with van der Waals surface area (Å²) in [5.41, 5.74) is 4.75. The Morgan fingerprint density at radius 1 is 1.10 bits per heavy atom. The van der Waals surface area contributed by atoms with Gasteiger partial charge in [0.1, 0.15) is 6.10 Å². The van der Waals surface area contributed by atoms with Gasteiger partial charge in [-0.05, 0) is 18.1 Å². The average Bonchev–Trinajstić information content (AvgIpc) is 2.98. The lowest BCUT2D eigenvalue weighted by Gasteiger charge is -2.09. The minimum absolute atomic E-state index is 0.130. The molecule has 3 nitrogen and oxygen atoms in total. The molecule has 1 N–H and O–H groups in total. The van der Waals surface area contributed by atoms with Gasteiger partial charge in [0.15, 0.2) is 0 Å². The smallest absolute Gasteiger partial charge is 0.145 e. The number of oxime groups is 1. The SMILES string of the molecule is Cc1ccc(C2=NOC(CNCc3ccccc3)C2)cc1. The number of nitrogens with zero attached hydrogens (tertiary/aromatic N) is 1. The standard InChI is InChI=1S/C18H20N2O/c1-14-7-9-16(10-8-14)18-11-17(21-20-18)13-19-12-15-5-3-2-4-6-15/h2-10,17,19H,11-13H2,1H3. The molecule has 21 heavy (non-hydrogen) atoms. The number of nitrogens with one attached hydrogen (secondary N) is 1. The molecule has 0 radical (unpaired) electrons. The summed E-state index contributed by atoms with van der Waals surface area (Å²) in [5, 5.41) is 7.65. The molecule has 0 fully saturated rings. The predicted octanol–water partition coefficient (Wildman–Crippen LogP) is 3.28. The minimum Gasteiger partial charge on any atom is -0.390 e. The number of benzene rings is 2. The maximum atomic E-state index is 5.51. The van der Waals surface area contributed by atoms with Crippen molar-refractivity contribution in [3.8, 4) is 0 Å². The Kier molecular flexibility index (Phi) is 4.31. The molecule has 108 valence electrons. The minimum atomic E-state index is 0.130. The molecule has 0 aromatic heterocycles. The summed E-state index contributed by atoms with van der Waals surface area (Å²) in [4.78, 5) is 5.51. The van der Waals surface area contributed by atoms with Crippen LogP contribution in [0.3, 0.4) is 0 Å². The Labute approximate surface area is 125 Å². The molecule has 1 atom stereocenters. The van der Waals surface area contributed by atoms with Gasteiger partial charge in [0.2, 0.25) is 0 Å². The first-order chi connectivity index (χ1) is 10.3. The lowest BCUT2D eigenvalue weighted by molar-refractivity contribution is 0.0848. The van der Waals surface area contributed by atoms with Crippen LogP contribution in [0, 0.1) is 6.92 Å². The fraction of sp³-hybridized carbons (Fsp3) is 0.278. The predicted molar refractivity (Wildman–Crippen MR) is 85.4 cm³/mol. The molecule has 1 aliphatic rings. The molecule has 1 aliphatic heterocycles. The lowest BCUT2D eigenvalue weighted by atomic mass is 10.0. The molecular weight excluding hydrogens is 260 g/mol. The van der Waals surface area contributed by atoms with Gasteiger partial charge >= 0.3 is 0 Å². The highest BCUT2D eigenvalue weighted by atomic mass is 16.6. The van der Waals surface area contributed by atoms with Crippen LogP contribution >= 0.6 is 0 Å². The third-order valence-corrected chi connectivity index (χ3v) is 3.66. The molecule has 0 spiro atoms. The summed E-state index contributed by atoms with van der Waals surface area (Å²) in [6.07, 6.45) is 0.996. The molecule has 0 amide bonds. The second-order valence-electron chi connectivity index (χ2n) is 5.45. The molecule has 0 aliphatic carbocycles. The van der Waals surface area contributed by atoms with Gasteiger partial charge in [-0.1, -0.05) is 65.3 Å². The third kappa shape index (κ3) is 3.70. The van der Waals surface area contributed by atoms with Crippen molar-refractivity contribution in [1.82, 2.24) is 5.32 Å². The number of hydrogen-bond donors (Lipinski definition) is 1. The molecule has 0 saturated carbocycles. The van der Waals surface area contributed by atoms with Gasteiger partial charge in [-0.25, -0.2) is 0 Å². The van der Waals surface area contributed by atoms with Crippen molar-refractivity contribution >= 4 is 5.71 Å². The van der Waals surface area contributed by atoms with Crippen molar-refractivity contribution in [1.29, 1.82) is 0 Å². The van der Waals surface area contributed by atoms with Crippen LogP contribution < -0.4 is 5.32 Å². The second-order valence-corrected chi connectivity index (χ2v) is 5.45. The lowest BCUT2D eigenvalue weighted by Crippen LogP contribution is -2.26. The van der Waals surface area contributed by atoms with E-state index in [1.807, 2.05) is 6.07 Å². The second kappa shape index (κ2) is 6.55. The van der Waals surface area contributed by atoms with Gasteiger partial charge in [-0.2, -0.15) is 0 Å². The fourth-order valence-electron chi connectivity index (χ4n) is 2.43. The monoisotopic (exact) mass is 280 g/mol. The maximum Gasteiger partial charge on any atom is 0.145 e. The zero-order valence-electron chi connectivity index (χ0n) is 12.3. The summed E-state index contributed by atoms with van der Waals surface area (Å²) in [6.45, 7) is 3.77. The molecular formula is C18H20N2O. The van der Waals surface area contributed by atoms with E-state index in [-0.39, 0.29) is 6.10 Å². The van der Waals surface area contributed by atoms with Crippen LogP contribution in [0.4, 0.5) is 0 Å². The molecule has 0 bridgehead atoms. The van der Waals surface area contributed by atoms with E-state index in [1.165, 1.54) is 11.1 Å². The summed E-state index contributed by atoms with van der Waals surface area (Å²) < 4.78 is 0. The Balaban J connectivity index is 1.47. The maximum absolute atomic E-state index is 5.51. The van der Waals surface area contributed by atoms with Crippen LogP contribution in [0.2, 0.25) is 0 Å². The molecule has 2 aromatic rings. The first-order valence-electron chi connectivity index (χ1n) is 7.35. The number of hydrogen-bond acceptors (Lipinski definition) is 3. The highest BCUT2D eigenvalue weighted by Crippen LogP contribution is 2.16. The van der Waals surface area contributed by atoms with E-state index in [0.717, 1.165) is 30.8 Å². The topological polar surface area (TPSA) is 33.6 Å². The summed E-state index contributed by atoms with van der Waals surface area (Å²) in [7, 11) is 0.